The van der Waals surface area contributed by atoms with Gasteiger partial charge in [-0.15, -0.1) is 0 Å². The number of H-pyrrole nitrogens is 1. The lowest BCUT2D eigenvalue weighted by molar-refractivity contribution is 0.0992. The van der Waals surface area contributed by atoms with Crippen molar-refractivity contribution >= 4 is 16.6 Å². The Morgan fingerprint density at radius 1 is 1.37 bits per heavy atom. The number of nitrogens with one attached hydrogen (secondary N) is 1. The van der Waals surface area contributed by atoms with Gasteiger partial charge in [0.2, 0.25) is 0 Å². The Morgan fingerprint density at radius 3 is 2.89 bits per heavy atom. The molecular formula is C14H14N2O3. The van der Waals surface area contributed by atoms with Crippen LogP contribution in [0.25, 0.3) is 10.8 Å². The molecule has 5 heteroatoms. The Hall–Kier alpha value is -2.29. The quantitative estimate of drug-likeness (QED) is 0.578. The van der Waals surface area contributed by atoms with Crippen molar-refractivity contribution < 1.29 is 10.2 Å². The third-order valence-corrected chi connectivity index (χ3v) is 2.68. The molecule has 0 saturated carbocycles. The van der Waals surface area contributed by atoms with Crippen LogP contribution in [0, 0.1) is 11.8 Å². The molecule has 0 radical (unpaired) electrons. The molecule has 5 nitrogen and oxygen atoms in total. The van der Waals surface area contributed by atoms with Gasteiger partial charge in [-0.2, -0.15) is 0 Å². The number of hydrogen-bond acceptors (Lipinski definition) is 4. The fourth-order valence-electron chi connectivity index (χ4n) is 1.75. The molecule has 1 atom stereocenters. The second-order valence-electron chi connectivity index (χ2n) is 4.16. The molecule has 0 aliphatic heterocycles. The van der Waals surface area contributed by atoms with E-state index in [0.29, 0.717) is 16.3 Å². The fourth-order valence-corrected chi connectivity index (χ4v) is 1.75. The lowest BCUT2D eigenvalue weighted by Gasteiger charge is -2.02. The van der Waals surface area contributed by atoms with E-state index in [1.54, 1.807) is 24.3 Å². The van der Waals surface area contributed by atoms with Gasteiger partial charge < -0.3 is 20.9 Å². The number of pyridine rings is 1. The first-order valence-electron chi connectivity index (χ1n) is 5.81. The Balaban J connectivity index is 2.47. The van der Waals surface area contributed by atoms with Crippen LogP contribution in [0.15, 0.2) is 29.1 Å². The van der Waals surface area contributed by atoms with E-state index in [9.17, 15) is 9.90 Å². The lowest BCUT2D eigenvalue weighted by Crippen LogP contribution is -2.10. The average molecular weight is 258 g/mol. The van der Waals surface area contributed by atoms with Crippen molar-refractivity contribution in [2.24, 2.45) is 0 Å². The SMILES string of the molecule is Nc1cc2c(C#CCC(O)CO)cccc2c(=O)[nH]1. The average Bonchev–Trinajstić information content (AvgIpc) is 2.39. The third-order valence-electron chi connectivity index (χ3n) is 2.68. The summed E-state index contributed by atoms with van der Waals surface area (Å²) in [6, 6.07) is 6.87. The second kappa shape index (κ2) is 5.57. The first-order valence-corrected chi connectivity index (χ1v) is 5.81. The zero-order chi connectivity index (χ0) is 13.8. The molecule has 1 aromatic heterocycles. The fraction of sp³-hybridized carbons (Fsp3) is 0.214. The molecule has 0 amide bonds. The highest BCUT2D eigenvalue weighted by atomic mass is 16.3. The molecule has 1 aromatic carbocycles. The largest absolute Gasteiger partial charge is 0.394 e. The van der Waals surface area contributed by atoms with Crippen molar-refractivity contribution in [3.05, 3.63) is 40.2 Å². The first-order chi connectivity index (χ1) is 9.11. The van der Waals surface area contributed by atoms with Gasteiger partial charge in [0.15, 0.2) is 0 Å². The summed E-state index contributed by atoms with van der Waals surface area (Å²) >= 11 is 0. The predicted octanol–water partition coefficient (Wildman–Crippen LogP) is 0.205. The Labute approximate surface area is 109 Å². The van der Waals surface area contributed by atoms with Crippen LogP contribution in [-0.4, -0.2) is 27.9 Å². The van der Waals surface area contributed by atoms with Crippen LogP contribution >= 0.6 is 0 Å². The standard InChI is InChI=1S/C14H14N2O3/c15-13-7-12-9(3-1-5-10(18)8-17)4-2-6-11(12)14(19)16-13/h2,4,6-7,10,17-18H,5,8H2,(H3,15,16,19). The van der Waals surface area contributed by atoms with Gasteiger partial charge in [0, 0.05) is 22.8 Å². The van der Waals surface area contributed by atoms with Gasteiger partial charge in [-0.3, -0.25) is 4.79 Å². The normalized spacial score (nSPS) is 11.9. The molecule has 0 fully saturated rings. The molecular weight excluding hydrogens is 244 g/mol. The number of aliphatic hydroxyl groups is 2. The van der Waals surface area contributed by atoms with Gasteiger partial charge in [0.1, 0.15) is 5.82 Å². The molecule has 5 N–H and O–H groups in total. The van der Waals surface area contributed by atoms with Gasteiger partial charge in [-0.05, 0) is 18.2 Å². The maximum atomic E-state index is 11.7. The van der Waals surface area contributed by atoms with Crippen LogP contribution in [0.4, 0.5) is 5.82 Å². The second-order valence-corrected chi connectivity index (χ2v) is 4.16. The van der Waals surface area contributed by atoms with E-state index in [1.165, 1.54) is 0 Å². The summed E-state index contributed by atoms with van der Waals surface area (Å²) in [5, 5.41) is 19.1. The van der Waals surface area contributed by atoms with Crippen LogP contribution in [0.5, 0.6) is 0 Å². The van der Waals surface area contributed by atoms with Gasteiger partial charge in [-0.1, -0.05) is 17.9 Å². The summed E-state index contributed by atoms with van der Waals surface area (Å²) in [5.41, 5.74) is 6.03. The van der Waals surface area contributed by atoms with Crippen LogP contribution < -0.4 is 11.3 Å². The number of benzene rings is 1. The molecule has 0 aliphatic rings. The minimum Gasteiger partial charge on any atom is -0.394 e. The van der Waals surface area contributed by atoms with E-state index < -0.39 is 6.10 Å². The van der Waals surface area contributed by atoms with Crippen molar-refractivity contribution in [2.75, 3.05) is 12.3 Å². The first kappa shape index (κ1) is 13.1. The summed E-state index contributed by atoms with van der Waals surface area (Å²) in [6.45, 7) is -0.323. The molecule has 2 rings (SSSR count). The van der Waals surface area contributed by atoms with Crippen LogP contribution in [0.3, 0.4) is 0 Å². The minimum atomic E-state index is -0.851. The van der Waals surface area contributed by atoms with E-state index in [4.69, 9.17) is 10.8 Å². The summed E-state index contributed by atoms with van der Waals surface area (Å²) in [5.74, 6) is 5.93. The number of anilines is 1. The number of hydrogen-bond donors (Lipinski definition) is 4. The number of aliphatic hydroxyl groups excluding tert-OH is 2. The maximum Gasteiger partial charge on any atom is 0.257 e. The number of fused-ring (bicyclic) bond motifs is 1. The van der Waals surface area contributed by atoms with Crippen molar-refractivity contribution in [3.63, 3.8) is 0 Å². The van der Waals surface area contributed by atoms with E-state index in [2.05, 4.69) is 16.8 Å². The molecule has 19 heavy (non-hydrogen) atoms. The molecule has 0 aliphatic carbocycles. The van der Waals surface area contributed by atoms with Gasteiger partial charge in [0.05, 0.1) is 12.7 Å². The van der Waals surface area contributed by atoms with Crippen LogP contribution in [0.1, 0.15) is 12.0 Å². The smallest absolute Gasteiger partial charge is 0.257 e. The van der Waals surface area contributed by atoms with E-state index in [0.717, 1.165) is 0 Å². The topological polar surface area (TPSA) is 99.3 Å². The zero-order valence-corrected chi connectivity index (χ0v) is 10.2. The lowest BCUT2D eigenvalue weighted by atomic mass is 10.1. The summed E-state index contributed by atoms with van der Waals surface area (Å²) in [6.07, 6.45) is -0.679. The minimum absolute atomic E-state index is 0.172. The maximum absolute atomic E-state index is 11.7. The molecule has 0 bridgehead atoms. The number of aromatic nitrogens is 1. The number of nitrogens with two attached hydrogens (primary N) is 1. The molecule has 0 saturated heterocycles. The molecule has 1 unspecified atom stereocenters. The number of nitrogen functional groups attached to an aromatic ring is 1. The summed E-state index contributed by atoms with van der Waals surface area (Å²) < 4.78 is 0. The van der Waals surface area contributed by atoms with E-state index in [-0.39, 0.29) is 24.4 Å². The van der Waals surface area contributed by atoms with Crippen molar-refractivity contribution in [3.8, 4) is 11.8 Å². The van der Waals surface area contributed by atoms with Crippen molar-refractivity contribution in [1.29, 1.82) is 0 Å². The third kappa shape index (κ3) is 2.94. The molecule has 2 aromatic rings. The zero-order valence-electron chi connectivity index (χ0n) is 10.2. The Kier molecular flexibility index (Phi) is 3.85. The van der Waals surface area contributed by atoms with E-state index >= 15 is 0 Å². The molecule has 1 heterocycles. The highest BCUT2D eigenvalue weighted by Crippen LogP contribution is 2.16. The predicted molar refractivity (Wildman–Crippen MR) is 73.6 cm³/mol. The number of aromatic amines is 1. The number of rotatable bonds is 2. The van der Waals surface area contributed by atoms with E-state index in [1.807, 2.05) is 0 Å². The highest BCUT2D eigenvalue weighted by molar-refractivity contribution is 5.89. The van der Waals surface area contributed by atoms with Crippen molar-refractivity contribution in [1.82, 2.24) is 4.98 Å². The van der Waals surface area contributed by atoms with Gasteiger partial charge in [-0.25, -0.2) is 0 Å². The monoisotopic (exact) mass is 258 g/mol. The summed E-state index contributed by atoms with van der Waals surface area (Å²) in [4.78, 5) is 14.2. The Morgan fingerprint density at radius 2 is 2.16 bits per heavy atom. The Bertz CT molecular complexity index is 710. The summed E-state index contributed by atoms with van der Waals surface area (Å²) in [7, 11) is 0. The molecule has 0 spiro atoms. The molecule has 98 valence electrons. The van der Waals surface area contributed by atoms with Gasteiger partial charge >= 0.3 is 0 Å². The van der Waals surface area contributed by atoms with Crippen LogP contribution in [-0.2, 0) is 0 Å². The highest BCUT2D eigenvalue weighted by Gasteiger charge is 2.03. The van der Waals surface area contributed by atoms with Crippen molar-refractivity contribution in [2.45, 2.75) is 12.5 Å². The van der Waals surface area contributed by atoms with Gasteiger partial charge in [0.25, 0.3) is 5.56 Å². The van der Waals surface area contributed by atoms with Crippen LogP contribution in [0.2, 0.25) is 0 Å².